The number of hydrogen-bond acceptors (Lipinski definition) is 5. The topological polar surface area (TPSA) is 75.1 Å². The lowest BCUT2D eigenvalue weighted by molar-refractivity contribution is -0.674. The van der Waals surface area contributed by atoms with Gasteiger partial charge in [0.2, 0.25) is 11.6 Å². The first-order chi connectivity index (χ1) is 12.5. The van der Waals surface area contributed by atoms with Crippen LogP contribution in [0.1, 0.15) is 16.8 Å². The van der Waals surface area contributed by atoms with E-state index in [1.807, 2.05) is 38.1 Å². The summed E-state index contributed by atoms with van der Waals surface area (Å²) in [4.78, 5) is 4.94. The van der Waals surface area contributed by atoms with Gasteiger partial charge in [-0.2, -0.15) is 0 Å². The third-order valence-corrected chi connectivity index (χ3v) is 4.42. The van der Waals surface area contributed by atoms with Crippen LogP contribution in [0.5, 0.6) is 11.6 Å². The van der Waals surface area contributed by atoms with Crippen molar-refractivity contribution in [3.8, 4) is 22.8 Å². The molecule has 3 aromatic heterocycles. The molecule has 3 heterocycles. The summed E-state index contributed by atoms with van der Waals surface area (Å²) in [5, 5.41) is 16.5. The zero-order valence-corrected chi connectivity index (χ0v) is 14.7. The Kier molecular flexibility index (Phi) is 3.80. The van der Waals surface area contributed by atoms with Crippen LogP contribution in [0.2, 0.25) is 0 Å². The second-order valence-corrected chi connectivity index (χ2v) is 6.19. The van der Waals surface area contributed by atoms with Gasteiger partial charge in [0.25, 0.3) is 0 Å². The molecule has 130 valence electrons. The highest BCUT2D eigenvalue weighted by molar-refractivity contribution is 5.82. The molecule has 0 aliphatic rings. The third-order valence-electron chi connectivity index (χ3n) is 4.42. The van der Waals surface area contributed by atoms with Crippen LogP contribution in [0.4, 0.5) is 0 Å². The van der Waals surface area contributed by atoms with Gasteiger partial charge < -0.3 is 14.4 Å². The average Bonchev–Trinajstić information content (AvgIpc) is 3.10. The molecule has 1 aromatic carbocycles. The second-order valence-electron chi connectivity index (χ2n) is 6.19. The van der Waals surface area contributed by atoms with Gasteiger partial charge in [0.05, 0.1) is 23.4 Å². The zero-order chi connectivity index (χ0) is 18.3. The minimum absolute atomic E-state index is 0.497. The number of aromatic nitrogens is 3. The third kappa shape index (κ3) is 2.65. The van der Waals surface area contributed by atoms with Crippen molar-refractivity contribution < 1.29 is 14.0 Å². The molecular weight excluding hydrogens is 330 g/mol. The summed E-state index contributed by atoms with van der Waals surface area (Å²) in [6.07, 6.45) is 4.85. The Hall–Kier alpha value is -3.41. The van der Waals surface area contributed by atoms with E-state index in [9.17, 15) is 5.21 Å². The second kappa shape index (κ2) is 6.15. The molecular formula is C20H17N3O3. The number of nitrogens with zero attached hydrogens (tertiary/aromatic N) is 3. The highest BCUT2D eigenvalue weighted by atomic mass is 16.5. The van der Waals surface area contributed by atoms with E-state index in [0.717, 1.165) is 33.2 Å². The van der Waals surface area contributed by atoms with Crippen molar-refractivity contribution in [1.82, 2.24) is 10.1 Å². The first-order valence-electron chi connectivity index (χ1n) is 8.21. The molecule has 0 bridgehead atoms. The lowest BCUT2D eigenvalue weighted by Crippen LogP contribution is -2.35. The Morgan fingerprint density at radius 2 is 1.92 bits per heavy atom. The highest BCUT2D eigenvalue weighted by Gasteiger charge is 2.17. The molecule has 4 rings (SSSR count). The molecule has 0 atom stereocenters. The maximum atomic E-state index is 11.8. The van der Waals surface area contributed by atoms with Crippen LogP contribution in [0.25, 0.3) is 22.1 Å². The monoisotopic (exact) mass is 347 g/mol. The maximum absolute atomic E-state index is 11.8. The summed E-state index contributed by atoms with van der Waals surface area (Å²) in [6, 6.07) is 9.39. The molecule has 6 nitrogen and oxygen atoms in total. The van der Waals surface area contributed by atoms with E-state index < -0.39 is 0 Å². The van der Waals surface area contributed by atoms with Crippen molar-refractivity contribution in [3.05, 3.63) is 71.0 Å². The van der Waals surface area contributed by atoms with Gasteiger partial charge in [0.15, 0.2) is 0 Å². The summed E-state index contributed by atoms with van der Waals surface area (Å²) < 4.78 is 11.3. The molecule has 0 unspecified atom stereocenters. The van der Waals surface area contributed by atoms with Crippen LogP contribution in [-0.4, -0.2) is 10.1 Å². The van der Waals surface area contributed by atoms with Gasteiger partial charge in [0.1, 0.15) is 11.3 Å². The first kappa shape index (κ1) is 16.1. The van der Waals surface area contributed by atoms with Crippen LogP contribution in [0, 0.1) is 26.0 Å². The Morgan fingerprint density at radius 1 is 1.08 bits per heavy atom. The molecule has 0 aliphatic carbocycles. The molecule has 0 saturated carbocycles. The number of benzene rings is 1. The summed E-state index contributed by atoms with van der Waals surface area (Å²) in [5.74, 6) is 1.17. The molecule has 0 saturated heterocycles. The summed E-state index contributed by atoms with van der Waals surface area (Å²) >= 11 is 0. The summed E-state index contributed by atoms with van der Waals surface area (Å²) in [7, 11) is 0. The van der Waals surface area contributed by atoms with Crippen molar-refractivity contribution in [2.75, 3.05) is 0 Å². The van der Waals surface area contributed by atoms with Crippen LogP contribution >= 0.6 is 0 Å². The predicted molar refractivity (Wildman–Crippen MR) is 96.9 cm³/mol. The number of hydrogen-bond donors (Lipinski definition) is 0. The molecule has 0 N–H and O–H groups in total. The number of furan rings is 1. The molecule has 26 heavy (non-hydrogen) atoms. The predicted octanol–water partition coefficient (Wildman–Crippen LogP) is 4.24. The quantitative estimate of drug-likeness (QED) is 0.409. The van der Waals surface area contributed by atoms with E-state index in [0.29, 0.717) is 22.2 Å². The molecule has 0 radical (unpaired) electrons. The van der Waals surface area contributed by atoms with Gasteiger partial charge in [0, 0.05) is 18.2 Å². The van der Waals surface area contributed by atoms with Crippen molar-refractivity contribution >= 4 is 11.0 Å². The van der Waals surface area contributed by atoms with Crippen LogP contribution in [-0.2, 0) is 0 Å². The Bertz CT molecular complexity index is 1120. The fraction of sp³-hybridized carbons (Fsp3) is 0.150. The highest BCUT2D eigenvalue weighted by Crippen LogP contribution is 2.33. The van der Waals surface area contributed by atoms with E-state index in [-0.39, 0.29) is 0 Å². The molecule has 0 aliphatic heterocycles. The number of ether oxygens (including phenoxy) is 1. The van der Waals surface area contributed by atoms with Crippen LogP contribution in [0.3, 0.4) is 0 Å². The lowest BCUT2D eigenvalue weighted by atomic mass is 9.96. The zero-order valence-electron chi connectivity index (χ0n) is 14.7. The molecule has 0 fully saturated rings. The fourth-order valence-corrected chi connectivity index (χ4v) is 3.12. The Labute approximate surface area is 150 Å². The van der Waals surface area contributed by atoms with Gasteiger partial charge in [-0.05, 0) is 54.8 Å². The standard InChI is InChI=1S/C20H17N3O3/c1-12-10-15(26-20-17-7-9-25-18(17)6-8-21-20)4-5-16(12)19-13(2)11-22-23(24)14(19)3/h4-11H,1-3H3. The van der Waals surface area contributed by atoms with Crippen LogP contribution in [0.15, 0.2) is 53.4 Å². The van der Waals surface area contributed by atoms with Gasteiger partial charge in [-0.1, -0.05) is 10.9 Å². The van der Waals surface area contributed by atoms with E-state index in [1.54, 1.807) is 31.6 Å². The molecule has 6 heteroatoms. The first-order valence-corrected chi connectivity index (χ1v) is 8.21. The lowest BCUT2D eigenvalue weighted by Gasteiger charge is -2.12. The smallest absolute Gasteiger partial charge is 0.230 e. The fourth-order valence-electron chi connectivity index (χ4n) is 3.12. The summed E-state index contributed by atoms with van der Waals surface area (Å²) in [6.45, 7) is 5.71. The number of aryl methyl sites for hydroxylation is 2. The molecule has 0 spiro atoms. The molecule has 4 aromatic rings. The Balaban J connectivity index is 1.73. The number of pyridine rings is 1. The van der Waals surface area contributed by atoms with E-state index >= 15 is 0 Å². The van der Waals surface area contributed by atoms with E-state index in [1.165, 1.54) is 0 Å². The van der Waals surface area contributed by atoms with Gasteiger partial charge in [-0.25, -0.2) is 4.98 Å². The minimum Gasteiger partial charge on any atom is -0.594 e. The van der Waals surface area contributed by atoms with Crippen molar-refractivity contribution in [2.24, 2.45) is 0 Å². The van der Waals surface area contributed by atoms with Crippen LogP contribution < -0.4 is 9.58 Å². The maximum Gasteiger partial charge on any atom is 0.230 e. The molecule has 0 amide bonds. The van der Waals surface area contributed by atoms with E-state index in [2.05, 4.69) is 10.1 Å². The van der Waals surface area contributed by atoms with Gasteiger partial charge in [-0.15, -0.1) is 0 Å². The average molecular weight is 347 g/mol. The summed E-state index contributed by atoms with van der Waals surface area (Å²) in [5.41, 5.74) is 5.14. The van der Waals surface area contributed by atoms with E-state index in [4.69, 9.17) is 9.15 Å². The van der Waals surface area contributed by atoms with Crippen molar-refractivity contribution in [3.63, 3.8) is 0 Å². The van der Waals surface area contributed by atoms with Crippen molar-refractivity contribution in [2.45, 2.75) is 20.8 Å². The van der Waals surface area contributed by atoms with Gasteiger partial charge >= 0.3 is 0 Å². The van der Waals surface area contributed by atoms with Crippen molar-refractivity contribution in [1.29, 1.82) is 0 Å². The number of fused-ring (bicyclic) bond motifs is 1. The SMILES string of the molecule is Cc1cc(Oc2nccc3occc23)ccc1-c1c(C)cn[n+]([O-])c1C. The Morgan fingerprint density at radius 3 is 2.73 bits per heavy atom. The normalized spacial score (nSPS) is 11.0. The van der Waals surface area contributed by atoms with Gasteiger partial charge in [-0.3, -0.25) is 0 Å². The minimum atomic E-state index is 0.497. The largest absolute Gasteiger partial charge is 0.594 e. The number of rotatable bonds is 3.